The molecule has 0 fully saturated rings. The van der Waals surface area contributed by atoms with Crippen LogP contribution in [0.2, 0.25) is 0 Å². The van der Waals surface area contributed by atoms with E-state index in [4.69, 9.17) is 10.5 Å². The summed E-state index contributed by atoms with van der Waals surface area (Å²) in [4.78, 5) is 47.4. The van der Waals surface area contributed by atoms with Gasteiger partial charge in [-0.1, -0.05) is 37.3 Å². The Balaban J connectivity index is 2.46. The van der Waals surface area contributed by atoms with E-state index in [0.29, 0.717) is 0 Å². The molecule has 1 aromatic rings. The van der Waals surface area contributed by atoms with E-state index in [1.807, 2.05) is 37.3 Å². The predicted octanol–water partition coefficient (Wildman–Crippen LogP) is 1.20. The van der Waals surface area contributed by atoms with Crippen molar-refractivity contribution in [2.24, 2.45) is 11.7 Å². The van der Waals surface area contributed by atoms with Crippen molar-refractivity contribution in [1.29, 1.82) is 0 Å². The van der Waals surface area contributed by atoms with Crippen molar-refractivity contribution in [2.45, 2.75) is 52.1 Å². The van der Waals surface area contributed by atoms with E-state index in [1.165, 1.54) is 0 Å². The van der Waals surface area contributed by atoms with E-state index in [1.54, 1.807) is 13.8 Å². The van der Waals surface area contributed by atoms with Gasteiger partial charge in [0.05, 0.1) is 18.6 Å². The molecular weight excluding hydrogens is 362 g/mol. The van der Waals surface area contributed by atoms with Gasteiger partial charge in [-0.15, -0.1) is 0 Å². The minimum atomic E-state index is -1.00. The Kier molecular flexibility index (Phi) is 9.70. The van der Waals surface area contributed by atoms with Crippen molar-refractivity contribution < 1.29 is 23.9 Å². The molecule has 28 heavy (non-hydrogen) atoms. The first-order valence-corrected chi connectivity index (χ1v) is 9.34. The third-order valence-electron chi connectivity index (χ3n) is 4.21. The molecule has 0 unspecified atom stereocenters. The number of carbonyl (C=O) groups is 4. The summed E-state index contributed by atoms with van der Waals surface area (Å²) in [6.45, 7) is 5.36. The Morgan fingerprint density at radius 3 is 2.11 bits per heavy atom. The predicted molar refractivity (Wildman–Crippen MR) is 104 cm³/mol. The third kappa shape index (κ3) is 8.20. The molecule has 0 bridgehead atoms. The Hall–Kier alpha value is -2.90. The van der Waals surface area contributed by atoms with Crippen LogP contribution in [0.15, 0.2) is 30.3 Å². The van der Waals surface area contributed by atoms with E-state index < -0.39 is 29.7 Å². The highest BCUT2D eigenvalue weighted by Gasteiger charge is 2.25. The molecular formula is C20H29N3O5. The van der Waals surface area contributed by atoms with Crippen molar-refractivity contribution in [3.05, 3.63) is 35.9 Å². The molecule has 0 saturated heterocycles. The average Bonchev–Trinajstić information content (AvgIpc) is 2.66. The second-order valence-electron chi connectivity index (χ2n) is 6.61. The zero-order chi connectivity index (χ0) is 21.1. The summed E-state index contributed by atoms with van der Waals surface area (Å²) in [5.74, 6) is -2.55. The van der Waals surface area contributed by atoms with Crippen molar-refractivity contribution in [1.82, 2.24) is 10.6 Å². The minimum absolute atomic E-state index is 0.0259. The second kappa shape index (κ2) is 11.7. The zero-order valence-corrected chi connectivity index (χ0v) is 16.6. The molecule has 0 aromatic heterocycles. The topological polar surface area (TPSA) is 128 Å². The lowest BCUT2D eigenvalue weighted by molar-refractivity contribution is -0.148. The summed E-state index contributed by atoms with van der Waals surface area (Å²) >= 11 is 0. The number of benzene rings is 1. The minimum Gasteiger partial charge on any atom is -0.466 e. The molecule has 0 spiro atoms. The molecule has 1 rings (SSSR count). The Morgan fingerprint density at radius 2 is 1.57 bits per heavy atom. The summed E-state index contributed by atoms with van der Waals surface area (Å²) in [5, 5.41) is 5.30. The Labute approximate surface area is 165 Å². The number of primary amides is 1. The normalized spacial score (nSPS) is 13.7. The molecule has 0 aliphatic carbocycles. The van der Waals surface area contributed by atoms with Crippen LogP contribution in [0.3, 0.4) is 0 Å². The zero-order valence-electron chi connectivity index (χ0n) is 16.6. The SMILES string of the molecule is CCOC(=O)[C@@H](C)C[C@H](NC(=O)CCC(=O)N[C@H](C)c1ccccc1)C(N)=O. The molecule has 8 nitrogen and oxygen atoms in total. The number of carbonyl (C=O) groups excluding carboxylic acids is 4. The molecule has 154 valence electrons. The first-order valence-electron chi connectivity index (χ1n) is 9.34. The molecule has 0 aliphatic heterocycles. The number of esters is 1. The van der Waals surface area contributed by atoms with Crippen LogP contribution < -0.4 is 16.4 Å². The molecule has 4 N–H and O–H groups in total. The number of nitrogens with two attached hydrogens (primary N) is 1. The van der Waals surface area contributed by atoms with E-state index >= 15 is 0 Å². The average molecular weight is 391 g/mol. The molecule has 1 aromatic carbocycles. The van der Waals surface area contributed by atoms with Crippen LogP contribution in [0, 0.1) is 5.92 Å². The Bertz CT molecular complexity index is 678. The lowest BCUT2D eigenvalue weighted by atomic mass is 10.0. The highest BCUT2D eigenvalue weighted by Crippen LogP contribution is 2.12. The first kappa shape index (κ1) is 23.1. The van der Waals surface area contributed by atoms with Crippen LogP contribution in [-0.2, 0) is 23.9 Å². The molecule has 0 heterocycles. The highest BCUT2D eigenvalue weighted by atomic mass is 16.5. The number of amides is 3. The molecule has 3 amide bonds. The molecule has 8 heteroatoms. The number of rotatable bonds is 11. The number of hydrogen-bond donors (Lipinski definition) is 3. The van der Waals surface area contributed by atoms with E-state index in [-0.39, 0.29) is 37.8 Å². The number of nitrogens with one attached hydrogen (secondary N) is 2. The highest BCUT2D eigenvalue weighted by molar-refractivity contribution is 5.89. The van der Waals surface area contributed by atoms with Crippen LogP contribution >= 0.6 is 0 Å². The van der Waals surface area contributed by atoms with E-state index in [2.05, 4.69) is 10.6 Å². The summed E-state index contributed by atoms with van der Waals surface area (Å²) in [6.07, 6.45) is -0.0794. The summed E-state index contributed by atoms with van der Waals surface area (Å²) in [5.41, 5.74) is 6.27. The van der Waals surface area contributed by atoms with Crippen LogP contribution in [0.1, 0.15) is 51.6 Å². The maximum atomic E-state index is 12.1. The monoisotopic (exact) mass is 391 g/mol. The molecule has 0 saturated carbocycles. The van der Waals surface area contributed by atoms with Gasteiger partial charge in [0.25, 0.3) is 0 Å². The second-order valence-corrected chi connectivity index (χ2v) is 6.61. The smallest absolute Gasteiger partial charge is 0.308 e. The van der Waals surface area contributed by atoms with Crippen molar-refractivity contribution in [2.75, 3.05) is 6.61 Å². The standard InChI is InChI=1S/C20H29N3O5/c1-4-28-20(27)13(2)12-16(19(21)26)23-18(25)11-10-17(24)22-14(3)15-8-6-5-7-9-15/h5-9,13-14,16H,4,10-12H2,1-3H3,(H2,21,26)(H,22,24)(H,23,25)/t13-,14+,16-/m0/s1. The van der Waals surface area contributed by atoms with Gasteiger partial charge in [-0.3, -0.25) is 19.2 Å². The third-order valence-corrected chi connectivity index (χ3v) is 4.21. The molecule has 0 aliphatic rings. The number of hydrogen-bond acceptors (Lipinski definition) is 5. The lowest BCUT2D eigenvalue weighted by Gasteiger charge is -2.19. The summed E-state index contributed by atoms with van der Waals surface area (Å²) in [7, 11) is 0. The van der Waals surface area contributed by atoms with Gasteiger partial charge in [-0.05, 0) is 25.8 Å². The van der Waals surface area contributed by atoms with Gasteiger partial charge in [0.15, 0.2) is 0 Å². The largest absolute Gasteiger partial charge is 0.466 e. The van der Waals surface area contributed by atoms with Gasteiger partial charge in [0, 0.05) is 12.8 Å². The van der Waals surface area contributed by atoms with Crippen LogP contribution in [0.4, 0.5) is 0 Å². The van der Waals surface area contributed by atoms with E-state index in [9.17, 15) is 19.2 Å². The van der Waals surface area contributed by atoms with Gasteiger partial charge >= 0.3 is 5.97 Å². The van der Waals surface area contributed by atoms with Crippen LogP contribution in [0.5, 0.6) is 0 Å². The fraction of sp³-hybridized carbons (Fsp3) is 0.500. The van der Waals surface area contributed by atoms with Gasteiger partial charge in [0.1, 0.15) is 6.04 Å². The summed E-state index contributed by atoms with van der Waals surface area (Å²) in [6, 6.07) is 8.28. The summed E-state index contributed by atoms with van der Waals surface area (Å²) < 4.78 is 4.88. The van der Waals surface area contributed by atoms with Crippen molar-refractivity contribution >= 4 is 23.7 Å². The maximum absolute atomic E-state index is 12.1. The lowest BCUT2D eigenvalue weighted by Crippen LogP contribution is -2.46. The van der Waals surface area contributed by atoms with Gasteiger partial charge < -0.3 is 21.1 Å². The van der Waals surface area contributed by atoms with Gasteiger partial charge in [0.2, 0.25) is 17.7 Å². The maximum Gasteiger partial charge on any atom is 0.308 e. The fourth-order valence-corrected chi connectivity index (χ4v) is 2.61. The molecule has 3 atom stereocenters. The quantitative estimate of drug-likeness (QED) is 0.489. The van der Waals surface area contributed by atoms with Crippen LogP contribution in [0.25, 0.3) is 0 Å². The Morgan fingerprint density at radius 1 is 1.00 bits per heavy atom. The fourth-order valence-electron chi connectivity index (χ4n) is 2.61. The van der Waals surface area contributed by atoms with Crippen LogP contribution in [-0.4, -0.2) is 36.3 Å². The van der Waals surface area contributed by atoms with Gasteiger partial charge in [-0.2, -0.15) is 0 Å². The van der Waals surface area contributed by atoms with Crippen molar-refractivity contribution in [3.63, 3.8) is 0 Å². The first-order chi connectivity index (χ1) is 13.2. The molecule has 0 radical (unpaired) electrons. The van der Waals surface area contributed by atoms with E-state index in [0.717, 1.165) is 5.56 Å². The number of ether oxygens (including phenoxy) is 1. The van der Waals surface area contributed by atoms with Gasteiger partial charge in [-0.25, -0.2) is 0 Å². The van der Waals surface area contributed by atoms with Crippen molar-refractivity contribution in [3.8, 4) is 0 Å².